The first-order valence-electron chi connectivity index (χ1n) is 5.29. The summed E-state index contributed by atoms with van der Waals surface area (Å²) in [6.07, 6.45) is 0. The number of fused-ring (bicyclic) bond motifs is 1. The molecule has 17 heavy (non-hydrogen) atoms. The van der Waals surface area contributed by atoms with Gasteiger partial charge in [0.15, 0.2) is 5.54 Å². The zero-order valence-electron chi connectivity index (χ0n) is 9.81. The molecule has 1 aromatic heterocycles. The number of esters is 1. The maximum Gasteiger partial charge on any atom is 0.331 e. The highest BCUT2D eigenvalue weighted by atomic mass is 16.5. The number of para-hydroxylation sites is 1. The number of ether oxygens (including phenoxy) is 1. The minimum absolute atomic E-state index is 0.500. The van der Waals surface area contributed by atoms with Gasteiger partial charge in [-0.25, -0.2) is 4.79 Å². The number of benzene rings is 1. The molecule has 4 nitrogen and oxygen atoms in total. The SMILES string of the molecule is COC(=O)[C@@](C)(N)c1ccc2ccccc2n1. The quantitative estimate of drug-likeness (QED) is 0.795. The van der Waals surface area contributed by atoms with Gasteiger partial charge < -0.3 is 10.5 Å². The van der Waals surface area contributed by atoms with Crippen molar-refractivity contribution in [2.45, 2.75) is 12.5 Å². The molecule has 1 aromatic carbocycles. The van der Waals surface area contributed by atoms with Crippen molar-refractivity contribution in [2.24, 2.45) is 5.73 Å². The first-order valence-corrected chi connectivity index (χ1v) is 5.29. The fraction of sp³-hybridized carbons (Fsp3) is 0.231. The number of hydrogen-bond donors (Lipinski definition) is 1. The Hall–Kier alpha value is -1.94. The van der Waals surface area contributed by atoms with Crippen LogP contribution in [0.2, 0.25) is 0 Å². The van der Waals surface area contributed by atoms with Crippen molar-refractivity contribution >= 4 is 16.9 Å². The van der Waals surface area contributed by atoms with Gasteiger partial charge in [0.05, 0.1) is 18.3 Å². The smallest absolute Gasteiger partial charge is 0.331 e. The molecule has 0 amide bonds. The molecule has 0 saturated heterocycles. The molecule has 0 aliphatic heterocycles. The van der Waals surface area contributed by atoms with E-state index in [1.165, 1.54) is 7.11 Å². The van der Waals surface area contributed by atoms with E-state index < -0.39 is 11.5 Å². The molecule has 0 saturated carbocycles. The van der Waals surface area contributed by atoms with Crippen LogP contribution in [-0.2, 0) is 15.1 Å². The topological polar surface area (TPSA) is 65.2 Å². The first kappa shape index (κ1) is 11.5. The highest BCUT2D eigenvalue weighted by Gasteiger charge is 2.33. The van der Waals surface area contributed by atoms with Crippen LogP contribution >= 0.6 is 0 Å². The van der Waals surface area contributed by atoms with Crippen LogP contribution in [0, 0.1) is 0 Å². The molecule has 2 N–H and O–H groups in total. The Morgan fingerprint density at radius 2 is 2.00 bits per heavy atom. The maximum atomic E-state index is 11.6. The van der Waals surface area contributed by atoms with Gasteiger partial charge in [0, 0.05) is 5.39 Å². The average Bonchev–Trinajstić information content (AvgIpc) is 2.37. The normalized spacial score (nSPS) is 14.3. The van der Waals surface area contributed by atoms with Crippen LogP contribution in [0.5, 0.6) is 0 Å². The molecule has 1 atom stereocenters. The number of methoxy groups -OCH3 is 1. The van der Waals surface area contributed by atoms with E-state index in [9.17, 15) is 4.79 Å². The summed E-state index contributed by atoms with van der Waals surface area (Å²) in [5.74, 6) is -0.500. The van der Waals surface area contributed by atoms with Crippen LogP contribution in [-0.4, -0.2) is 18.1 Å². The number of nitrogens with zero attached hydrogens (tertiary/aromatic N) is 1. The van der Waals surface area contributed by atoms with Gasteiger partial charge in [0.1, 0.15) is 0 Å². The van der Waals surface area contributed by atoms with Crippen LogP contribution in [0.1, 0.15) is 12.6 Å². The third-order valence-electron chi connectivity index (χ3n) is 2.74. The average molecular weight is 230 g/mol. The molecular formula is C13H14N2O2. The summed E-state index contributed by atoms with van der Waals surface area (Å²) < 4.78 is 4.68. The van der Waals surface area contributed by atoms with Crippen molar-refractivity contribution < 1.29 is 9.53 Å². The van der Waals surface area contributed by atoms with E-state index in [1.54, 1.807) is 13.0 Å². The van der Waals surface area contributed by atoms with Crippen molar-refractivity contribution in [3.8, 4) is 0 Å². The van der Waals surface area contributed by atoms with Crippen LogP contribution in [0.3, 0.4) is 0 Å². The highest BCUT2D eigenvalue weighted by Crippen LogP contribution is 2.20. The van der Waals surface area contributed by atoms with Gasteiger partial charge in [-0.3, -0.25) is 4.98 Å². The molecule has 0 spiro atoms. The van der Waals surface area contributed by atoms with Crippen LogP contribution in [0.25, 0.3) is 10.9 Å². The minimum Gasteiger partial charge on any atom is -0.467 e. The number of nitrogens with two attached hydrogens (primary N) is 1. The van der Waals surface area contributed by atoms with E-state index in [4.69, 9.17) is 5.73 Å². The number of rotatable bonds is 2. The lowest BCUT2D eigenvalue weighted by Gasteiger charge is -2.20. The molecule has 0 aliphatic carbocycles. The van der Waals surface area contributed by atoms with Crippen LogP contribution in [0.4, 0.5) is 0 Å². The third kappa shape index (κ3) is 1.99. The molecule has 2 aromatic rings. The Kier molecular flexibility index (Phi) is 2.81. The molecule has 0 bridgehead atoms. The highest BCUT2D eigenvalue weighted by molar-refractivity contribution is 5.83. The largest absolute Gasteiger partial charge is 0.467 e. The number of carbonyl (C=O) groups excluding carboxylic acids is 1. The summed E-state index contributed by atoms with van der Waals surface area (Å²) >= 11 is 0. The second-order valence-electron chi connectivity index (χ2n) is 4.08. The van der Waals surface area contributed by atoms with Gasteiger partial charge in [-0.15, -0.1) is 0 Å². The van der Waals surface area contributed by atoms with E-state index in [1.807, 2.05) is 30.3 Å². The summed E-state index contributed by atoms with van der Waals surface area (Å²) in [6.45, 7) is 1.59. The standard InChI is InChI=1S/C13H14N2O2/c1-13(14,12(16)17-2)11-8-7-9-5-3-4-6-10(9)15-11/h3-8H,14H2,1-2H3/t13-/m0/s1. The zero-order chi connectivity index (χ0) is 12.5. The predicted octanol–water partition coefficient (Wildman–Crippen LogP) is 1.58. The molecule has 0 radical (unpaired) electrons. The van der Waals surface area contributed by atoms with E-state index in [-0.39, 0.29) is 0 Å². The van der Waals surface area contributed by atoms with Gasteiger partial charge in [-0.1, -0.05) is 24.3 Å². The number of pyridine rings is 1. The van der Waals surface area contributed by atoms with Crippen molar-refractivity contribution in [3.63, 3.8) is 0 Å². The molecule has 88 valence electrons. The number of aromatic nitrogens is 1. The van der Waals surface area contributed by atoms with Crippen molar-refractivity contribution in [3.05, 3.63) is 42.1 Å². The van der Waals surface area contributed by atoms with Crippen molar-refractivity contribution in [2.75, 3.05) is 7.11 Å². The minimum atomic E-state index is -1.22. The molecular weight excluding hydrogens is 216 g/mol. The fourth-order valence-electron chi connectivity index (χ4n) is 1.67. The summed E-state index contributed by atoms with van der Waals surface area (Å²) in [7, 11) is 1.31. The number of hydrogen-bond acceptors (Lipinski definition) is 4. The van der Waals surface area contributed by atoms with Crippen LogP contribution in [0.15, 0.2) is 36.4 Å². The Morgan fingerprint density at radius 1 is 1.29 bits per heavy atom. The number of carbonyl (C=O) groups is 1. The van der Waals surface area contributed by atoms with Gasteiger partial charge in [-0.2, -0.15) is 0 Å². The Morgan fingerprint density at radius 3 is 2.71 bits per heavy atom. The van der Waals surface area contributed by atoms with Gasteiger partial charge in [0.25, 0.3) is 0 Å². The molecule has 4 heteroatoms. The van der Waals surface area contributed by atoms with Crippen molar-refractivity contribution in [1.82, 2.24) is 4.98 Å². The second kappa shape index (κ2) is 4.14. The maximum absolute atomic E-state index is 11.6. The lowest BCUT2D eigenvalue weighted by atomic mass is 9.98. The Balaban J connectivity index is 2.53. The lowest BCUT2D eigenvalue weighted by molar-refractivity contribution is -0.146. The van der Waals surface area contributed by atoms with E-state index in [0.717, 1.165) is 10.9 Å². The summed E-state index contributed by atoms with van der Waals surface area (Å²) in [4.78, 5) is 16.0. The summed E-state index contributed by atoms with van der Waals surface area (Å²) in [6, 6.07) is 11.3. The summed E-state index contributed by atoms with van der Waals surface area (Å²) in [5, 5.41) is 1.01. The molecule has 0 unspecified atom stereocenters. The third-order valence-corrected chi connectivity index (χ3v) is 2.74. The monoisotopic (exact) mass is 230 g/mol. The Bertz CT molecular complexity index is 564. The Labute approximate surface area is 99.4 Å². The van der Waals surface area contributed by atoms with Gasteiger partial charge in [0.2, 0.25) is 0 Å². The second-order valence-corrected chi connectivity index (χ2v) is 4.08. The van der Waals surface area contributed by atoms with Crippen molar-refractivity contribution in [1.29, 1.82) is 0 Å². The van der Waals surface area contributed by atoms with E-state index in [2.05, 4.69) is 9.72 Å². The zero-order valence-corrected chi connectivity index (χ0v) is 9.81. The van der Waals surface area contributed by atoms with E-state index >= 15 is 0 Å². The van der Waals surface area contributed by atoms with Gasteiger partial charge >= 0.3 is 5.97 Å². The lowest BCUT2D eigenvalue weighted by Crippen LogP contribution is -2.43. The van der Waals surface area contributed by atoms with E-state index in [0.29, 0.717) is 5.69 Å². The molecule has 1 heterocycles. The fourth-order valence-corrected chi connectivity index (χ4v) is 1.67. The van der Waals surface area contributed by atoms with Gasteiger partial charge in [-0.05, 0) is 19.1 Å². The van der Waals surface area contributed by atoms with Crippen LogP contribution < -0.4 is 5.73 Å². The summed E-state index contributed by atoms with van der Waals surface area (Å²) in [5.41, 5.74) is 6.04. The predicted molar refractivity (Wildman–Crippen MR) is 65.3 cm³/mol. The molecule has 0 aliphatic rings. The molecule has 2 rings (SSSR count). The first-order chi connectivity index (χ1) is 8.05. The molecule has 0 fully saturated rings.